The quantitative estimate of drug-likeness (QED) is 0.602. The standard InChI is InChI=1S/C20H23F3N4O4/c1-13(12-30-3)27(11-18-26-25-14(2)31-18)19(29)10-24-17(28)9-6-15-4-7-16(8-5-15)20(21,22)23/h4-9,13H,10-12H2,1-3H3,(H,24,28)/b9-6+. The minimum Gasteiger partial charge on any atom is -0.424 e. The third-order valence-corrected chi connectivity index (χ3v) is 4.21. The Bertz CT molecular complexity index is 910. The Labute approximate surface area is 177 Å². The second kappa shape index (κ2) is 10.7. The number of carbonyl (C=O) groups is 2. The van der Waals surface area contributed by atoms with Crippen molar-refractivity contribution in [3.8, 4) is 0 Å². The number of methoxy groups -OCH3 is 1. The molecular formula is C20H23F3N4O4. The van der Waals surface area contributed by atoms with Gasteiger partial charge in [-0.05, 0) is 30.7 Å². The van der Waals surface area contributed by atoms with E-state index in [1.54, 1.807) is 13.8 Å². The predicted molar refractivity (Wildman–Crippen MR) is 104 cm³/mol. The van der Waals surface area contributed by atoms with Gasteiger partial charge in [-0.15, -0.1) is 10.2 Å². The Morgan fingerprint density at radius 3 is 2.48 bits per heavy atom. The number of amides is 2. The molecule has 2 amide bonds. The van der Waals surface area contributed by atoms with Crippen LogP contribution in [0.3, 0.4) is 0 Å². The molecule has 2 aromatic rings. The van der Waals surface area contributed by atoms with Crippen molar-refractivity contribution in [3.63, 3.8) is 0 Å². The van der Waals surface area contributed by atoms with E-state index in [0.717, 1.165) is 18.2 Å². The second-order valence-electron chi connectivity index (χ2n) is 6.71. The fraction of sp³-hybridized carbons (Fsp3) is 0.400. The zero-order valence-corrected chi connectivity index (χ0v) is 17.3. The molecule has 0 radical (unpaired) electrons. The number of nitrogens with one attached hydrogen (secondary N) is 1. The van der Waals surface area contributed by atoms with Gasteiger partial charge in [0, 0.05) is 20.1 Å². The van der Waals surface area contributed by atoms with Gasteiger partial charge in [0.15, 0.2) is 0 Å². The number of hydrogen-bond acceptors (Lipinski definition) is 6. The van der Waals surface area contributed by atoms with E-state index in [1.165, 1.54) is 30.2 Å². The molecule has 1 unspecified atom stereocenters. The Balaban J connectivity index is 1.94. The lowest BCUT2D eigenvalue weighted by atomic mass is 10.1. The number of halogens is 3. The molecule has 0 fully saturated rings. The Hall–Kier alpha value is -3.21. The van der Waals surface area contributed by atoms with Crippen LogP contribution < -0.4 is 5.32 Å². The SMILES string of the molecule is COCC(C)N(Cc1nnc(C)o1)C(=O)CNC(=O)/C=C/c1ccc(C(F)(F)F)cc1. The molecule has 0 aliphatic rings. The average Bonchev–Trinajstić information content (AvgIpc) is 3.13. The van der Waals surface area contributed by atoms with Crippen LogP contribution in [0.25, 0.3) is 6.08 Å². The Kier molecular flexibility index (Phi) is 8.31. The summed E-state index contributed by atoms with van der Waals surface area (Å²) in [7, 11) is 1.50. The summed E-state index contributed by atoms with van der Waals surface area (Å²) in [5, 5.41) is 10.0. The van der Waals surface area contributed by atoms with Gasteiger partial charge in [0.05, 0.1) is 31.3 Å². The van der Waals surface area contributed by atoms with Crippen LogP contribution in [0, 0.1) is 6.92 Å². The van der Waals surface area contributed by atoms with E-state index in [9.17, 15) is 22.8 Å². The first-order valence-corrected chi connectivity index (χ1v) is 9.30. The summed E-state index contributed by atoms with van der Waals surface area (Å²) in [4.78, 5) is 26.1. The van der Waals surface area contributed by atoms with Crippen LogP contribution in [0.1, 0.15) is 29.8 Å². The maximum Gasteiger partial charge on any atom is 0.416 e. The minimum atomic E-state index is -4.42. The summed E-state index contributed by atoms with van der Waals surface area (Å²) in [6.07, 6.45) is -1.93. The van der Waals surface area contributed by atoms with E-state index >= 15 is 0 Å². The van der Waals surface area contributed by atoms with Crippen LogP contribution >= 0.6 is 0 Å². The first-order chi connectivity index (χ1) is 14.6. The number of nitrogens with zero attached hydrogens (tertiary/aromatic N) is 3. The second-order valence-corrected chi connectivity index (χ2v) is 6.71. The van der Waals surface area contributed by atoms with Gasteiger partial charge in [0.1, 0.15) is 0 Å². The maximum absolute atomic E-state index is 12.6. The number of rotatable bonds is 9. The molecule has 11 heteroatoms. The lowest BCUT2D eigenvalue weighted by Gasteiger charge is -2.27. The largest absolute Gasteiger partial charge is 0.424 e. The Morgan fingerprint density at radius 2 is 1.94 bits per heavy atom. The number of ether oxygens (including phenoxy) is 1. The monoisotopic (exact) mass is 440 g/mol. The van der Waals surface area contributed by atoms with Crippen LogP contribution in [0.15, 0.2) is 34.8 Å². The molecule has 0 saturated carbocycles. The lowest BCUT2D eigenvalue weighted by molar-refractivity contribution is -0.137. The third-order valence-electron chi connectivity index (χ3n) is 4.21. The molecule has 2 rings (SSSR count). The van der Waals surface area contributed by atoms with Crippen molar-refractivity contribution in [1.29, 1.82) is 0 Å². The molecule has 1 atom stereocenters. The highest BCUT2D eigenvalue weighted by Crippen LogP contribution is 2.29. The van der Waals surface area contributed by atoms with Gasteiger partial charge in [-0.25, -0.2) is 0 Å². The van der Waals surface area contributed by atoms with Gasteiger partial charge in [-0.1, -0.05) is 12.1 Å². The number of alkyl halides is 3. The molecule has 8 nitrogen and oxygen atoms in total. The van der Waals surface area contributed by atoms with Crippen LogP contribution in [0.5, 0.6) is 0 Å². The number of aryl methyl sites for hydroxylation is 1. The molecule has 31 heavy (non-hydrogen) atoms. The Morgan fingerprint density at radius 1 is 1.26 bits per heavy atom. The van der Waals surface area contributed by atoms with Gasteiger partial charge >= 0.3 is 6.18 Å². The van der Waals surface area contributed by atoms with E-state index in [4.69, 9.17) is 9.15 Å². The van der Waals surface area contributed by atoms with Crippen molar-refractivity contribution in [1.82, 2.24) is 20.4 Å². The van der Waals surface area contributed by atoms with Crippen molar-refractivity contribution in [2.45, 2.75) is 32.6 Å². The van der Waals surface area contributed by atoms with E-state index in [1.807, 2.05) is 0 Å². The van der Waals surface area contributed by atoms with Gasteiger partial charge in [0.2, 0.25) is 23.6 Å². The molecule has 0 bridgehead atoms. The van der Waals surface area contributed by atoms with Gasteiger partial charge in [-0.3, -0.25) is 9.59 Å². The molecule has 0 spiro atoms. The first kappa shape index (κ1) is 24.1. The molecule has 0 aliphatic carbocycles. The average molecular weight is 440 g/mol. The van der Waals surface area contributed by atoms with Crippen molar-refractivity contribution < 1.29 is 31.9 Å². The zero-order valence-electron chi connectivity index (χ0n) is 17.3. The van der Waals surface area contributed by atoms with E-state index in [0.29, 0.717) is 11.5 Å². The van der Waals surface area contributed by atoms with Crippen molar-refractivity contribution in [2.24, 2.45) is 0 Å². The lowest BCUT2D eigenvalue weighted by Crippen LogP contribution is -2.45. The highest BCUT2D eigenvalue weighted by Gasteiger charge is 2.29. The molecule has 0 saturated heterocycles. The molecule has 1 aromatic heterocycles. The number of aromatic nitrogens is 2. The summed E-state index contributed by atoms with van der Waals surface area (Å²) in [5.41, 5.74) is -0.363. The summed E-state index contributed by atoms with van der Waals surface area (Å²) >= 11 is 0. The van der Waals surface area contributed by atoms with E-state index in [2.05, 4.69) is 15.5 Å². The predicted octanol–water partition coefficient (Wildman–Crippen LogP) is 2.59. The van der Waals surface area contributed by atoms with Crippen LogP contribution in [-0.4, -0.2) is 53.2 Å². The van der Waals surface area contributed by atoms with Crippen molar-refractivity contribution in [2.75, 3.05) is 20.3 Å². The van der Waals surface area contributed by atoms with Crippen LogP contribution in [0.2, 0.25) is 0 Å². The highest BCUT2D eigenvalue weighted by molar-refractivity contribution is 5.94. The molecule has 1 aromatic carbocycles. The summed E-state index contributed by atoms with van der Waals surface area (Å²) < 4.78 is 48.1. The minimum absolute atomic E-state index is 0.0570. The van der Waals surface area contributed by atoms with Crippen molar-refractivity contribution >= 4 is 17.9 Å². The van der Waals surface area contributed by atoms with Gasteiger partial charge in [0.25, 0.3) is 0 Å². The zero-order chi connectivity index (χ0) is 23.0. The number of carbonyl (C=O) groups excluding carboxylic acids is 2. The van der Waals surface area contributed by atoms with Crippen molar-refractivity contribution in [3.05, 3.63) is 53.2 Å². The highest BCUT2D eigenvalue weighted by atomic mass is 19.4. The molecule has 1 N–H and O–H groups in total. The fourth-order valence-electron chi connectivity index (χ4n) is 2.65. The number of hydrogen-bond donors (Lipinski definition) is 1. The topological polar surface area (TPSA) is 97.6 Å². The first-order valence-electron chi connectivity index (χ1n) is 9.30. The van der Waals surface area contributed by atoms with Crippen LogP contribution in [-0.2, 0) is 27.0 Å². The smallest absolute Gasteiger partial charge is 0.416 e. The summed E-state index contributed by atoms with van der Waals surface area (Å²) in [6.45, 7) is 3.43. The molecule has 0 aliphatic heterocycles. The molecule has 1 heterocycles. The maximum atomic E-state index is 12.6. The normalized spacial score (nSPS) is 12.7. The van der Waals surface area contributed by atoms with Crippen LogP contribution in [0.4, 0.5) is 13.2 Å². The van der Waals surface area contributed by atoms with Gasteiger partial charge in [-0.2, -0.15) is 13.2 Å². The molecule has 168 valence electrons. The molecular weight excluding hydrogens is 417 g/mol. The fourth-order valence-corrected chi connectivity index (χ4v) is 2.65. The van der Waals surface area contributed by atoms with E-state index in [-0.39, 0.29) is 31.6 Å². The summed E-state index contributed by atoms with van der Waals surface area (Å²) in [6, 6.07) is 4.03. The van der Waals surface area contributed by atoms with Gasteiger partial charge < -0.3 is 19.4 Å². The third kappa shape index (κ3) is 7.52. The number of benzene rings is 1. The summed E-state index contributed by atoms with van der Waals surface area (Å²) in [5.74, 6) is -0.344. The van der Waals surface area contributed by atoms with E-state index < -0.39 is 23.6 Å².